The number of methoxy groups -OCH3 is 1. The maximum atomic E-state index is 10.7. The molecule has 0 atom stereocenters. The fourth-order valence-corrected chi connectivity index (χ4v) is 1.58. The highest BCUT2D eigenvalue weighted by atomic mass is 16.6. The molecule has 0 unspecified atom stereocenters. The van der Waals surface area contributed by atoms with Crippen molar-refractivity contribution < 1.29 is 9.66 Å². The Morgan fingerprint density at radius 3 is 2.82 bits per heavy atom. The van der Waals surface area contributed by atoms with Gasteiger partial charge in [-0.3, -0.25) is 15.0 Å². The van der Waals surface area contributed by atoms with Crippen LogP contribution in [0.1, 0.15) is 5.56 Å². The molecule has 0 aromatic heterocycles. The van der Waals surface area contributed by atoms with E-state index in [0.717, 1.165) is 5.56 Å². The van der Waals surface area contributed by atoms with Crippen molar-refractivity contribution in [2.45, 2.75) is 6.54 Å². The van der Waals surface area contributed by atoms with Crippen LogP contribution in [0.15, 0.2) is 30.9 Å². The summed E-state index contributed by atoms with van der Waals surface area (Å²) in [6.07, 6.45) is 1.78. The normalized spacial score (nSPS) is 10.3. The summed E-state index contributed by atoms with van der Waals surface area (Å²) in [7, 11) is 3.47. The van der Waals surface area contributed by atoms with Gasteiger partial charge in [-0.2, -0.15) is 0 Å². The molecule has 0 heterocycles. The Morgan fingerprint density at radius 1 is 1.59 bits per heavy atom. The third kappa shape index (κ3) is 3.57. The van der Waals surface area contributed by atoms with Crippen molar-refractivity contribution >= 4 is 5.69 Å². The maximum Gasteiger partial charge on any atom is 0.270 e. The third-order valence-corrected chi connectivity index (χ3v) is 2.36. The second-order valence-electron chi connectivity index (χ2n) is 3.74. The second kappa shape index (κ2) is 6.00. The molecular weight excluding hydrogens is 220 g/mol. The predicted octanol–water partition coefficient (Wildman–Crippen LogP) is 2.22. The van der Waals surface area contributed by atoms with E-state index in [1.807, 2.05) is 11.9 Å². The maximum absolute atomic E-state index is 10.7. The molecule has 0 aliphatic heterocycles. The number of likely N-dealkylation sites (N-methyl/N-ethyl adjacent to an activating group) is 1. The minimum absolute atomic E-state index is 0.0767. The lowest BCUT2D eigenvalue weighted by Crippen LogP contribution is -2.18. The highest BCUT2D eigenvalue weighted by molar-refractivity contribution is 5.43. The lowest BCUT2D eigenvalue weighted by Gasteiger charge is -2.16. The molecule has 17 heavy (non-hydrogen) atoms. The zero-order chi connectivity index (χ0) is 12.8. The van der Waals surface area contributed by atoms with E-state index in [1.165, 1.54) is 6.07 Å². The van der Waals surface area contributed by atoms with Gasteiger partial charge in [0.15, 0.2) is 0 Å². The van der Waals surface area contributed by atoms with Gasteiger partial charge in [-0.1, -0.05) is 6.08 Å². The van der Waals surface area contributed by atoms with Crippen LogP contribution in [-0.2, 0) is 6.54 Å². The molecule has 0 fully saturated rings. The second-order valence-corrected chi connectivity index (χ2v) is 3.74. The fraction of sp³-hybridized carbons (Fsp3) is 0.333. The van der Waals surface area contributed by atoms with Gasteiger partial charge < -0.3 is 4.74 Å². The molecule has 0 aliphatic rings. The van der Waals surface area contributed by atoms with Crippen molar-refractivity contribution in [1.29, 1.82) is 0 Å². The van der Waals surface area contributed by atoms with E-state index in [9.17, 15) is 10.1 Å². The van der Waals surface area contributed by atoms with Crippen LogP contribution in [0.25, 0.3) is 0 Å². The highest BCUT2D eigenvalue weighted by Gasteiger charge is 2.12. The molecule has 0 aliphatic carbocycles. The van der Waals surface area contributed by atoms with Crippen LogP contribution in [0.5, 0.6) is 5.75 Å². The van der Waals surface area contributed by atoms with E-state index in [-0.39, 0.29) is 5.69 Å². The molecule has 0 N–H and O–H groups in total. The Labute approximate surface area is 100 Å². The molecule has 5 nitrogen and oxygen atoms in total. The summed E-state index contributed by atoms with van der Waals surface area (Å²) >= 11 is 0. The molecule has 0 bridgehead atoms. The number of hydrogen-bond acceptors (Lipinski definition) is 4. The number of benzene rings is 1. The highest BCUT2D eigenvalue weighted by Crippen LogP contribution is 2.24. The summed E-state index contributed by atoms with van der Waals surface area (Å²) in [5.74, 6) is 0.659. The van der Waals surface area contributed by atoms with E-state index < -0.39 is 4.92 Å². The smallest absolute Gasteiger partial charge is 0.270 e. The summed E-state index contributed by atoms with van der Waals surface area (Å²) in [6, 6.07) is 4.60. The molecular formula is C12H16N2O3. The summed E-state index contributed by atoms with van der Waals surface area (Å²) in [5.41, 5.74) is 0.874. The number of nitro groups is 1. The van der Waals surface area contributed by atoms with Gasteiger partial charge in [-0.25, -0.2) is 0 Å². The summed E-state index contributed by atoms with van der Waals surface area (Å²) in [5, 5.41) is 10.7. The SMILES string of the molecule is C=CCN(C)Cc1cc([N+](=O)[O-])ccc1OC. The molecule has 1 aromatic rings. The molecule has 0 saturated heterocycles. The van der Waals surface area contributed by atoms with Crippen molar-refractivity contribution in [2.75, 3.05) is 20.7 Å². The quantitative estimate of drug-likeness (QED) is 0.431. The van der Waals surface area contributed by atoms with Gasteiger partial charge >= 0.3 is 0 Å². The first kappa shape index (κ1) is 13.2. The number of rotatable bonds is 6. The minimum Gasteiger partial charge on any atom is -0.496 e. The van der Waals surface area contributed by atoms with E-state index in [4.69, 9.17) is 4.74 Å². The van der Waals surface area contributed by atoms with Crippen LogP contribution < -0.4 is 4.74 Å². The molecule has 5 heteroatoms. The number of nitro benzene ring substituents is 1. The van der Waals surface area contributed by atoms with Gasteiger partial charge in [0.2, 0.25) is 0 Å². The van der Waals surface area contributed by atoms with Gasteiger partial charge in [0.05, 0.1) is 12.0 Å². The Bertz CT molecular complexity index is 418. The molecule has 0 radical (unpaired) electrons. The van der Waals surface area contributed by atoms with Crippen molar-refractivity contribution in [1.82, 2.24) is 4.90 Å². The first-order valence-corrected chi connectivity index (χ1v) is 5.19. The van der Waals surface area contributed by atoms with E-state index >= 15 is 0 Å². The minimum atomic E-state index is -0.406. The molecule has 92 valence electrons. The number of hydrogen-bond donors (Lipinski definition) is 0. The van der Waals surface area contributed by atoms with E-state index in [2.05, 4.69) is 6.58 Å². The Balaban J connectivity index is 2.97. The standard InChI is InChI=1S/C12H16N2O3/c1-4-7-13(2)9-10-8-11(14(15)16)5-6-12(10)17-3/h4-6,8H,1,7,9H2,2-3H3. The summed E-state index contributed by atoms with van der Waals surface area (Å²) in [4.78, 5) is 12.3. The topological polar surface area (TPSA) is 55.6 Å². The Kier molecular flexibility index (Phi) is 4.66. The lowest BCUT2D eigenvalue weighted by molar-refractivity contribution is -0.384. The predicted molar refractivity (Wildman–Crippen MR) is 66.2 cm³/mol. The Hall–Kier alpha value is -1.88. The number of nitrogens with zero attached hydrogens (tertiary/aromatic N) is 2. The number of non-ortho nitro benzene ring substituents is 1. The zero-order valence-electron chi connectivity index (χ0n) is 10.0. The van der Waals surface area contributed by atoms with E-state index in [0.29, 0.717) is 18.8 Å². The molecule has 0 amide bonds. The fourth-order valence-electron chi connectivity index (χ4n) is 1.58. The Morgan fingerprint density at radius 2 is 2.29 bits per heavy atom. The molecule has 0 saturated carbocycles. The molecule has 1 aromatic carbocycles. The van der Waals surface area contributed by atoms with Crippen LogP contribution in [0, 0.1) is 10.1 Å². The first-order valence-electron chi connectivity index (χ1n) is 5.19. The van der Waals surface area contributed by atoms with Crippen LogP contribution in [0.3, 0.4) is 0 Å². The summed E-state index contributed by atoms with van der Waals surface area (Å²) in [6.45, 7) is 4.94. The van der Waals surface area contributed by atoms with Crippen LogP contribution >= 0.6 is 0 Å². The van der Waals surface area contributed by atoms with Gasteiger partial charge in [-0.15, -0.1) is 6.58 Å². The van der Waals surface area contributed by atoms with Crippen LogP contribution in [0.2, 0.25) is 0 Å². The number of ether oxygens (including phenoxy) is 1. The van der Waals surface area contributed by atoms with Crippen LogP contribution in [-0.4, -0.2) is 30.5 Å². The van der Waals surface area contributed by atoms with Crippen molar-refractivity contribution in [2.24, 2.45) is 0 Å². The van der Waals surface area contributed by atoms with Gasteiger partial charge in [0.1, 0.15) is 5.75 Å². The average molecular weight is 236 g/mol. The monoisotopic (exact) mass is 236 g/mol. The zero-order valence-corrected chi connectivity index (χ0v) is 10.0. The largest absolute Gasteiger partial charge is 0.496 e. The van der Waals surface area contributed by atoms with Crippen molar-refractivity contribution in [3.63, 3.8) is 0 Å². The lowest BCUT2D eigenvalue weighted by atomic mass is 10.1. The van der Waals surface area contributed by atoms with E-state index in [1.54, 1.807) is 25.3 Å². The average Bonchev–Trinajstić information content (AvgIpc) is 2.29. The molecule has 0 spiro atoms. The summed E-state index contributed by atoms with van der Waals surface area (Å²) < 4.78 is 5.18. The van der Waals surface area contributed by atoms with Gasteiger partial charge in [0, 0.05) is 30.8 Å². The third-order valence-electron chi connectivity index (χ3n) is 2.36. The van der Waals surface area contributed by atoms with Gasteiger partial charge in [0.25, 0.3) is 5.69 Å². The van der Waals surface area contributed by atoms with Gasteiger partial charge in [-0.05, 0) is 13.1 Å². The van der Waals surface area contributed by atoms with Crippen molar-refractivity contribution in [3.8, 4) is 5.75 Å². The van der Waals surface area contributed by atoms with Crippen LogP contribution in [0.4, 0.5) is 5.69 Å². The molecule has 1 rings (SSSR count). The van der Waals surface area contributed by atoms with Crippen molar-refractivity contribution in [3.05, 3.63) is 46.5 Å². The first-order chi connectivity index (χ1) is 8.08.